The van der Waals surface area contributed by atoms with Crippen molar-refractivity contribution in [2.24, 2.45) is 0 Å². The predicted octanol–water partition coefficient (Wildman–Crippen LogP) is -2.92. The van der Waals surface area contributed by atoms with Gasteiger partial charge in [-0.05, 0) is 0 Å². The fraction of sp³-hybridized carbons (Fsp3) is 0.875. The van der Waals surface area contributed by atoms with E-state index in [0.717, 1.165) is 0 Å². The second-order valence-corrected chi connectivity index (χ2v) is 3.26. The first-order chi connectivity index (χ1) is 6.99. The van der Waals surface area contributed by atoms with Gasteiger partial charge < -0.3 is 25.5 Å². The highest BCUT2D eigenvalue weighted by Crippen LogP contribution is 1.95. The van der Waals surface area contributed by atoms with Crippen LogP contribution in [0.15, 0.2) is 0 Å². The summed E-state index contributed by atoms with van der Waals surface area (Å²) < 4.78 is 0. The Hall–Kier alpha value is -0.730. The van der Waals surface area contributed by atoms with Gasteiger partial charge in [-0.15, -0.1) is 0 Å². The van der Waals surface area contributed by atoms with Crippen molar-refractivity contribution >= 4 is 5.97 Å². The zero-order valence-electron chi connectivity index (χ0n) is 8.28. The number of carbonyl (C=O) groups is 1. The van der Waals surface area contributed by atoms with E-state index < -0.39 is 31.4 Å². The molecule has 5 N–H and O–H groups in total. The van der Waals surface area contributed by atoms with Crippen LogP contribution in [-0.2, 0) is 4.79 Å². The van der Waals surface area contributed by atoms with Crippen LogP contribution < -0.4 is 0 Å². The van der Waals surface area contributed by atoms with Crippen LogP contribution in [0.5, 0.6) is 0 Å². The lowest BCUT2D eigenvalue weighted by atomic mass is 10.3. The van der Waals surface area contributed by atoms with Gasteiger partial charge in [0.1, 0.15) is 0 Å². The molecule has 0 aromatic heterocycles. The summed E-state index contributed by atoms with van der Waals surface area (Å²) >= 11 is 0. The van der Waals surface area contributed by atoms with Crippen molar-refractivity contribution in [3.8, 4) is 0 Å². The third-order valence-electron chi connectivity index (χ3n) is 1.72. The minimum Gasteiger partial charge on any atom is -0.480 e. The van der Waals surface area contributed by atoms with Gasteiger partial charge in [-0.1, -0.05) is 0 Å². The van der Waals surface area contributed by atoms with Gasteiger partial charge in [-0.25, -0.2) is 0 Å². The molecule has 15 heavy (non-hydrogen) atoms. The Kier molecular flexibility index (Phi) is 7.18. The Bertz CT molecular complexity index is 176. The van der Waals surface area contributed by atoms with Gasteiger partial charge in [0.05, 0.1) is 32.0 Å². The van der Waals surface area contributed by atoms with Crippen molar-refractivity contribution in [1.29, 1.82) is 0 Å². The molecule has 0 aromatic carbocycles. The number of nitrogens with zero attached hydrogens (tertiary/aromatic N) is 1. The molecule has 0 radical (unpaired) electrons. The van der Waals surface area contributed by atoms with Crippen molar-refractivity contribution in [3.05, 3.63) is 0 Å². The number of hydrogen-bond donors (Lipinski definition) is 5. The van der Waals surface area contributed by atoms with Crippen molar-refractivity contribution < 1.29 is 30.3 Å². The van der Waals surface area contributed by atoms with Crippen LogP contribution in [0.2, 0.25) is 0 Å². The molecule has 7 heteroatoms. The molecule has 0 saturated carbocycles. The van der Waals surface area contributed by atoms with E-state index in [4.69, 9.17) is 25.5 Å². The molecular formula is C8H17NO6. The predicted molar refractivity (Wildman–Crippen MR) is 50.3 cm³/mol. The summed E-state index contributed by atoms with van der Waals surface area (Å²) in [5, 5.41) is 43.9. The minimum absolute atomic E-state index is 0.0696. The van der Waals surface area contributed by atoms with Crippen molar-refractivity contribution in [2.75, 3.05) is 32.8 Å². The van der Waals surface area contributed by atoms with E-state index in [1.54, 1.807) is 0 Å². The van der Waals surface area contributed by atoms with Gasteiger partial charge in [0.2, 0.25) is 0 Å². The monoisotopic (exact) mass is 223 g/mol. The third kappa shape index (κ3) is 7.23. The molecule has 0 amide bonds. The molecule has 2 unspecified atom stereocenters. The van der Waals surface area contributed by atoms with Gasteiger partial charge >= 0.3 is 5.97 Å². The van der Waals surface area contributed by atoms with E-state index in [0.29, 0.717) is 0 Å². The summed E-state index contributed by atoms with van der Waals surface area (Å²) in [6.45, 7) is -1.47. The number of carboxylic acids is 1. The molecule has 7 nitrogen and oxygen atoms in total. The highest BCUT2D eigenvalue weighted by atomic mass is 16.4. The van der Waals surface area contributed by atoms with E-state index in [-0.39, 0.29) is 19.6 Å². The van der Waals surface area contributed by atoms with E-state index in [1.807, 2.05) is 0 Å². The first-order valence-electron chi connectivity index (χ1n) is 4.51. The van der Waals surface area contributed by atoms with Crippen LogP contribution in [0, 0.1) is 0 Å². The lowest BCUT2D eigenvalue weighted by Gasteiger charge is -2.24. The van der Waals surface area contributed by atoms with Gasteiger partial charge in [0, 0.05) is 13.1 Å². The number of aliphatic hydroxyl groups is 4. The summed E-state index contributed by atoms with van der Waals surface area (Å²) in [6, 6.07) is 0. The Morgan fingerprint density at radius 1 is 1.07 bits per heavy atom. The van der Waals surface area contributed by atoms with Crippen molar-refractivity contribution in [3.63, 3.8) is 0 Å². The Morgan fingerprint density at radius 2 is 1.47 bits per heavy atom. The molecule has 90 valence electrons. The Morgan fingerprint density at radius 3 is 1.73 bits per heavy atom. The Labute approximate surface area is 87.2 Å². The highest BCUT2D eigenvalue weighted by molar-refractivity contribution is 5.69. The maximum atomic E-state index is 10.4. The summed E-state index contributed by atoms with van der Waals surface area (Å²) in [6.07, 6.45) is -2.12. The SMILES string of the molecule is O=C(O)CN(CC(O)CO)CC(O)CO. The summed E-state index contributed by atoms with van der Waals surface area (Å²) in [7, 11) is 0. The number of rotatable bonds is 8. The van der Waals surface area contributed by atoms with E-state index in [9.17, 15) is 4.79 Å². The molecule has 0 rings (SSSR count). The van der Waals surface area contributed by atoms with Crippen molar-refractivity contribution in [2.45, 2.75) is 12.2 Å². The fourth-order valence-electron chi connectivity index (χ4n) is 1.11. The largest absolute Gasteiger partial charge is 0.480 e. The molecular weight excluding hydrogens is 206 g/mol. The quantitative estimate of drug-likeness (QED) is 0.299. The average Bonchev–Trinajstić information content (AvgIpc) is 2.16. The topological polar surface area (TPSA) is 121 Å². The summed E-state index contributed by atoms with van der Waals surface area (Å²) in [5.74, 6) is -1.11. The van der Waals surface area contributed by atoms with Crippen LogP contribution >= 0.6 is 0 Å². The van der Waals surface area contributed by atoms with Crippen LogP contribution in [0.4, 0.5) is 0 Å². The van der Waals surface area contributed by atoms with Gasteiger partial charge in [-0.2, -0.15) is 0 Å². The first kappa shape index (κ1) is 14.3. The molecule has 0 aliphatic rings. The molecule has 0 aromatic rings. The number of aliphatic carboxylic acids is 1. The molecule has 0 spiro atoms. The molecule has 0 saturated heterocycles. The maximum Gasteiger partial charge on any atom is 0.317 e. The van der Waals surface area contributed by atoms with E-state index >= 15 is 0 Å². The molecule has 0 aliphatic heterocycles. The lowest BCUT2D eigenvalue weighted by molar-refractivity contribution is -0.139. The maximum absolute atomic E-state index is 10.4. The van der Waals surface area contributed by atoms with E-state index in [2.05, 4.69) is 0 Å². The van der Waals surface area contributed by atoms with Crippen LogP contribution in [0.1, 0.15) is 0 Å². The molecule has 0 heterocycles. The van der Waals surface area contributed by atoms with Gasteiger partial charge in [-0.3, -0.25) is 9.69 Å². The molecule has 2 atom stereocenters. The second-order valence-electron chi connectivity index (χ2n) is 3.26. The standard InChI is InChI=1S/C8H17NO6/c10-4-6(12)1-9(3-8(14)15)2-7(13)5-11/h6-7,10-13H,1-5H2,(H,14,15). The smallest absolute Gasteiger partial charge is 0.317 e. The van der Waals surface area contributed by atoms with E-state index in [1.165, 1.54) is 4.90 Å². The lowest BCUT2D eigenvalue weighted by Crippen LogP contribution is -2.42. The minimum atomic E-state index is -1.11. The van der Waals surface area contributed by atoms with Crippen LogP contribution in [0.3, 0.4) is 0 Å². The molecule has 0 aliphatic carbocycles. The van der Waals surface area contributed by atoms with Crippen LogP contribution in [0.25, 0.3) is 0 Å². The second kappa shape index (κ2) is 7.55. The van der Waals surface area contributed by atoms with Crippen molar-refractivity contribution in [1.82, 2.24) is 4.90 Å². The van der Waals surface area contributed by atoms with Gasteiger partial charge in [0.25, 0.3) is 0 Å². The third-order valence-corrected chi connectivity index (χ3v) is 1.72. The van der Waals surface area contributed by atoms with Gasteiger partial charge in [0.15, 0.2) is 0 Å². The Balaban J connectivity index is 4.11. The molecule has 0 bridgehead atoms. The first-order valence-corrected chi connectivity index (χ1v) is 4.51. The summed E-state index contributed by atoms with van der Waals surface area (Å²) in [4.78, 5) is 11.7. The fourth-order valence-corrected chi connectivity index (χ4v) is 1.11. The molecule has 0 fully saturated rings. The van der Waals surface area contributed by atoms with Crippen LogP contribution in [-0.4, -0.2) is 81.5 Å². The highest BCUT2D eigenvalue weighted by Gasteiger charge is 2.17. The average molecular weight is 223 g/mol. The zero-order chi connectivity index (χ0) is 11.8. The zero-order valence-corrected chi connectivity index (χ0v) is 8.28. The summed E-state index contributed by atoms with van der Waals surface area (Å²) in [5.41, 5.74) is 0. The number of aliphatic hydroxyl groups excluding tert-OH is 4. The number of hydrogen-bond acceptors (Lipinski definition) is 6. The normalized spacial score (nSPS) is 15.3. The number of carboxylic acid groups (broad SMARTS) is 1.